The van der Waals surface area contributed by atoms with E-state index in [0.29, 0.717) is 33.1 Å². The molecular weight excluding hydrogens is 363 g/mol. The van der Waals surface area contributed by atoms with Crippen molar-refractivity contribution < 1.29 is 4.39 Å². The van der Waals surface area contributed by atoms with Gasteiger partial charge in [0.05, 0.1) is 21.9 Å². The summed E-state index contributed by atoms with van der Waals surface area (Å²) < 4.78 is 13.3. The highest BCUT2D eigenvalue weighted by Gasteiger charge is 2.16. The van der Waals surface area contributed by atoms with E-state index < -0.39 is 0 Å². The van der Waals surface area contributed by atoms with E-state index in [9.17, 15) is 4.39 Å². The SMILES string of the molecule is C#Cc1nc(-c2cc(Cl)c3ncccc3c2)c(-c2ccc(F)cc2)nc1N. The zero-order chi connectivity index (χ0) is 19.0. The molecular formula is C21H12ClFN4. The Kier molecular flexibility index (Phi) is 4.19. The number of halogens is 2. The molecule has 2 N–H and O–H groups in total. The predicted molar refractivity (Wildman–Crippen MR) is 106 cm³/mol. The van der Waals surface area contributed by atoms with Gasteiger partial charge < -0.3 is 5.73 Å². The van der Waals surface area contributed by atoms with E-state index in [-0.39, 0.29) is 17.3 Å². The number of nitrogens with zero attached hydrogens (tertiary/aromatic N) is 3. The molecule has 0 amide bonds. The van der Waals surface area contributed by atoms with Crippen LogP contribution in [-0.2, 0) is 0 Å². The fourth-order valence-electron chi connectivity index (χ4n) is 2.85. The van der Waals surface area contributed by atoms with Crippen LogP contribution in [0.3, 0.4) is 0 Å². The highest BCUT2D eigenvalue weighted by molar-refractivity contribution is 6.35. The molecule has 0 radical (unpaired) electrons. The van der Waals surface area contributed by atoms with Crippen LogP contribution in [-0.4, -0.2) is 15.0 Å². The molecule has 0 saturated carbocycles. The summed E-state index contributed by atoms with van der Waals surface area (Å²) in [5, 5.41) is 1.33. The van der Waals surface area contributed by atoms with Crippen LogP contribution in [0.4, 0.5) is 10.2 Å². The van der Waals surface area contributed by atoms with Crippen molar-refractivity contribution in [2.24, 2.45) is 0 Å². The number of terminal acetylenes is 1. The zero-order valence-corrected chi connectivity index (χ0v) is 14.7. The smallest absolute Gasteiger partial charge is 0.158 e. The van der Waals surface area contributed by atoms with Crippen LogP contribution in [0.1, 0.15) is 5.69 Å². The van der Waals surface area contributed by atoms with E-state index in [4.69, 9.17) is 23.8 Å². The van der Waals surface area contributed by atoms with Gasteiger partial charge in [0.1, 0.15) is 5.82 Å². The highest BCUT2D eigenvalue weighted by Crippen LogP contribution is 2.34. The molecule has 2 heterocycles. The topological polar surface area (TPSA) is 64.7 Å². The number of hydrogen-bond acceptors (Lipinski definition) is 4. The van der Waals surface area contributed by atoms with Gasteiger partial charge in [0.15, 0.2) is 11.5 Å². The molecule has 0 aliphatic carbocycles. The summed E-state index contributed by atoms with van der Waals surface area (Å²) in [4.78, 5) is 13.2. The molecule has 0 aliphatic rings. The van der Waals surface area contributed by atoms with E-state index in [2.05, 4.69) is 20.9 Å². The van der Waals surface area contributed by atoms with Crippen LogP contribution in [0, 0.1) is 18.2 Å². The van der Waals surface area contributed by atoms with E-state index in [1.165, 1.54) is 12.1 Å². The van der Waals surface area contributed by atoms with Gasteiger partial charge >= 0.3 is 0 Å². The van der Waals surface area contributed by atoms with Gasteiger partial charge in [-0.2, -0.15) is 0 Å². The molecule has 0 fully saturated rings. The van der Waals surface area contributed by atoms with Gasteiger partial charge in [-0.05, 0) is 48.4 Å². The monoisotopic (exact) mass is 374 g/mol. The summed E-state index contributed by atoms with van der Waals surface area (Å²) in [5.41, 5.74) is 9.24. The van der Waals surface area contributed by atoms with E-state index in [1.807, 2.05) is 18.2 Å². The third kappa shape index (κ3) is 3.07. The molecule has 6 heteroatoms. The van der Waals surface area contributed by atoms with Crippen molar-refractivity contribution in [1.82, 2.24) is 15.0 Å². The third-order valence-corrected chi connectivity index (χ3v) is 4.40. The molecule has 0 unspecified atom stereocenters. The van der Waals surface area contributed by atoms with E-state index in [0.717, 1.165) is 5.39 Å². The molecule has 0 spiro atoms. The number of hydrogen-bond donors (Lipinski definition) is 1. The van der Waals surface area contributed by atoms with Crippen LogP contribution >= 0.6 is 11.6 Å². The Balaban J connectivity index is 2.02. The van der Waals surface area contributed by atoms with Crippen molar-refractivity contribution in [1.29, 1.82) is 0 Å². The summed E-state index contributed by atoms with van der Waals surface area (Å²) in [5.74, 6) is 2.23. The lowest BCUT2D eigenvalue weighted by Crippen LogP contribution is -2.03. The number of aromatic nitrogens is 3. The van der Waals surface area contributed by atoms with Gasteiger partial charge in [0.2, 0.25) is 0 Å². The minimum Gasteiger partial charge on any atom is -0.381 e. The number of nitrogen functional groups attached to an aromatic ring is 1. The van der Waals surface area contributed by atoms with Crippen molar-refractivity contribution in [3.05, 3.63) is 71.3 Å². The van der Waals surface area contributed by atoms with Crippen molar-refractivity contribution in [3.63, 3.8) is 0 Å². The molecule has 0 bridgehead atoms. The lowest BCUT2D eigenvalue weighted by atomic mass is 10.0. The highest BCUT2D eigenvalue weighted by atomic mass is 35.5. The summed E-state index contributed by atoms with van der Waals surface area (Å²) in [6.07, 6.45) is 7.19. The molecule has 4 rings (SSSR count). The fraction of sp³-hybridized carbons (Fsp3) is 0. The normalized spacial score (nSPS) is 10.7. The Morgan fingerprint density at radius 1 is 1.00 bits per heavy atom. The Morgan fingerprint density at radius 2 is 1.74 bits per heavy atom. The Hall–Kier alpha value is -3.49. The summed E-state index contributed by atoms with van der Waals surface area (Å²) in [7, 11) is 0. The molecule has 2 aromatic heterocycles. The fourth-order valence-corrected chi connectivity index (χ4v) is 3.12. The minimum absolute atomic E-state index is 0.133. The Morgan fingerprint density at radius 3 is 2.48 bits per heavy atom. The van der Waals surface area contributed by atoms with Gasteiger partial charge in [-0.15, -0.1) is 6.42 Å². The average molecular weight is 375 g/mol. The van der Waals surface area contributed by atoms with Gasteiger partial charge in [-0.1, -0.05) is 17.7 Å². The van der Waals surface area contributed by atoms with Crippen molar-refractivity contribution in [2.45, 2.75) is 0 Å². The number of rotatable bonds is 2. The average Bonchev–Trinajstić information content (AvgIpc) is 2.68. The zero-order valence-electron chi connectivity index (χ0n) is 13.9. The lowest BCUT2D eigenvalue weighted by molar-refractivity contribution is 0.628. The minimum atomic E-state index is -0.346. The number of nitrogens with two attached hydrogens (primary N) is 1. The lowest BCUT2D eigenvalue weighted by Gasteiger charge is -2.12. The number of anilines is 1. The number of fused-ring (bicyclic) bond motifs is 1. The first kappa shape index (κ1) is 17.0. The second kappa shape index (κ2) is 6.67. The van der Waals surface area contributed by atoms with Crippen LogP contribution in [0.15, 0.2) is 54.7 Å². The molecule has 4 aromatic rings. The van der Waals surface area contributed by atoms with E-state index in [1.54, 1.807) is 24.4 Å². The van der Waals surface area contributed by atoms with Crippen LogP contribution in [0.5, 0.6) is 0 Å². The molecule has 4 nitrogen and oxygen atoms in total. The molecule has 2 aromatic carbocycles. The summed E-state index contributed by atoms with van der Waals surface area (Å²) in [6.45, 7) is 0. The van der Waals surface area contributed by atoms with Gasteiger partial charge in [-0.3, -0.25) is 4.98 Å². The van der Waals surface area contributed by atoms with Crippen LogP contribution in [0.2, 0.25) is 5.02 Å². The van der Waals surface area contributed by atoms with Gasteiger partial charge in [0.25, 0.3) is 0 Å². The van der Waals surface area contributed by atoms with Crippen molar-refractivity contribution in [3.8, 4) is 34.9 Å². The molecule has 0 saturated heterocycles. The first-order valence-electron chi connectivity index (χ1n) is 8.01. The first-order chi connectivity index (χ1) is 13.1. The van der Waals surface area contributed by atoms with Crippen LogP contribution < -0.4 is 5.73 Å². The maximum Gasteiger partial charge on any atom is 0.158 e. The number of benzene rings is 2. The first-order valence-corrected chi connectivity index (χ1v) is 8.39. The Labute approximate surface area is 159 Å². The standard InChI is InChI=1S/C21H12ClFN4/c1-2-17-21(24)27-19(12-5-7-15(23)8-6-12)20(26-17)14-10-13-4-3-9-25-18(13)16(22)11-14/h1,3-11H,(H2,24,27). The molecule has 27 heavy (non-hydrogen) atoms. The molecule has 0 aliphatic heterocycles. The second-order valence-electron chi connectivity index (χ2n) is 5.84. The molecule has 130 valence electrons. The second-order valence-corrected chi connectivity index (χ2v) is 6.25. The maximum atomic E-state index is 13.3. The Bertz CT molecular complexity index is 1210. The quantitative estimate of drug-likeness (QED) is 0.516. The predicted octanol–water partition coefficient (Wildman–Crippen LogP) is 4.71. The summed E-state index contributed by atoms with van der Waals surface area (Å²) >= 11 is 6.41. The van der Waals surface area contributed by atoms with Crippen LogP contribution in [0.25, 0.3) is 33.4 Å². The maximum absolute atomic E-state index is 13.3. The third-order valence-electron chi connectivity index (χ3n) is 4.11. The van der Waals surface area contributed by atoms with Crippen molar-refractivity contribution >= 4 is 28.3 Å². The van der Waals surface area contributed by atoms with Crippen molar-refractivity contribution in [2.75, 3.05) is 5.73 Å². The van der Waals surface area contributed by atoms with Gasteiger partial charge in [0, 0.05) is 22.7 Å². The van der Waals surface area contributed by atoms with E-state index >= 15 is 0 Å². The number of pyridine rings is 1. The summed E-state index contributed by atoms with van der Waals surface area (Å²) in [6, 6.07) is 13.3. The largest absolute Gasteiger partial charge is 0.381 e. The van der Waals surface area contributed by atoms with Gasteiger partial charge in [-0.25, -0.2) is 14.4 Å². The molecule has 0 atom stereocenters.